The topological polar surface area (TPSA) is 91.7 Å². The number of H-pyrrole nitrogens is 1. The predicted molar refractivity (Wildman–Crippen MR) is 141 cm³/mol. The molecule has 0 aliphatic carbocycles. The molecule has 5 aromatic rings. The van der Waals surface area contributed by atoms with E-state index in [1.807, 2.05) is 47.0 Å². The van der Waals surface area contributed by atoms with E-state index in [1.54, 1.807) is 29.6 Å². The van der Waals surface area contributed by atoms with Gasteiger partial charge in [-0.1, -0.05) is 30.3 Å². The number of rotatable bonds is 5. The third-order valence-corrected chi connectivity index (χ3v) is 7.29. The molecule has 6 rings (SSSR count). The van der Waals surface area contributed by atoms with E-state index in [4.69, 9.17) is 4.74 Å². The maximum Gasteiger partial charge on any atom is 0.268 e. The highest BCUT2D eigenvalue weighted by molar-refractivity contribution is 6.01. The fourth-order valence-electron chi connectivity index (χ4n) is 5.39. The number of methoxy groups -OCH3 is 1. The number of likely N-dealkylation sites (tertiary alicyclic amines) is 1. The van der Waals surface area contributed by atoms with Gasteiger partial charge in [0.2, 0.25) is 0 Å². The molecular weight excluding hydrogens is 485 g/mol. The monoisotopic (exact) mass is 511 g/mol. The van der Waals surface area contributed by atoms with E-state index in [2.05, 4.69) is 15.3 Å². The first-order chi connectivity index (χ1) is 18.5. The van der Waals surface area contributed by atoms with Gasteiger partial charge in [0.25, 0.3) is 11.8 Å². The van der Waals surface area contributed by atoms with Crippen LogP contribution in [0.25, 0.3) is 16.4 Å². The second-order valence-electron chi connectivity index (χ2n) is 9.47. The van der Waals surface area contributed by atoms with Crippen molar-refractivity contribution in [2.24, 2.45) is 0 Å². The van der Waals surface area contributed by atoms with Gasteiger partial charge < -0.3 is 24.3 Å². The third-order valence-electron chi connectivity index (χ3n) is 7.29. The first-order valence-electron chi connectivity index (χ1n) is 12.4. The number of piperidine rings is 1. The molecule has 0 saturated carbocycles. The van der Waals surface area contributed by atoms with Crippen LogP contribution in [0.5, 0.6) is 5.75 Å². The number of carbonyl (C=O) groups is 2. The smallest absolute Gasteiger partial charge is 0.268 e. The lowest BCUT2D eigenvalue weighted by molar-refractivity contribution is 0.0656. The number of imidazole rings is 1. The molecule has 4 heterocycles. The molecule has 1 aliphatic rings. The van der Waals surface area contributed by atoms with E-state index >= 15 is 0 Å². The van der Waals surface area contributed by atoms with Crippen LogP contribution in [0.2, 0.25) is 0 Å². The van der Waals surface area contributed by atoms with Crippen LogP contribution in [0.4, 0.5) is 4.39 Å². The van der Waals surface area contributed by atoms with Crippen LogP contribution in [-0.4, -0.2) is 57.3 Å². The fraction of sp³-hybridized carbons (Fsp3) is 0.207. The van der Waals surface area contributed by atoms with E-state index in [0.29, 0.717) is 36.2 Å². The molecule has 192 valence electrons. The molecule has 0 spiro atoms. The largest absolute Gasteiger partial charge is 0.496 e. The minimum absolute atomic E-state index is 0.00519. The van der Waals surface area contributed by atoms with Gasteiger partial charge in [-0.3, -0.25) is 9.59 Å². The van der Waals surface area contributed by atoms with Gasteiger partial charge in [-0.05, 0) is 42.3 Å². The number of hydrogen-bond donors (Lipinski definition) is 2. The van der Waals surface area contributed by atoms with Crippen molar-refractivity contribution >= 4 is 28.2 Å². The Hall–Kier alpha value is -4.66. The number of nitrogens with zero attached hydrogens (tertiary/aromatic N) is 3. The summed E-state index contributed by atoms with van der Waals surface area (Å²) in [6.45, 7) is 0.881. The average Bonchev–Trinajstić information content (AvgIpc) is 3.62. The molecule has 2 N–H and O–H groups in total. The summed E-state index contributed by atoms with van der Waals surface area (Å²) in [7, 11) is 1.50. The Kier molecular flexibility index (Phi) is 6.03. The van der Waals surface area contributed by atoms with E-state index in [-0.39, 0.29) is 35.0 Å². The first-order valence-corrected chi connectivity index (χ1v) is 12.4. The Bertz CT molecular complexity index is 1640. The number of pyridine rings is 1. The highest BCUT2D eigenvalue weighted by Crippen LogP contribution is 2.31. The third kappa shape index (κ3) is 4.15. The van der Waals surface area contributed by atoms with Crippen molar-refractivity contribution in [1.82, 2.24) is 24.6 Å². The molecule has 0 bridgehead atoms. The molecule has 2 atom stereocenters. The molecule has 9 heteroatoms. The van der Waals surface area contributed by atoms with Gasteiger partial charge in [0.1, 0.15) is 17.3 Å². The number of ether oxygens (including phenoxy) is 1. The van der Waals surface area contributed by atoms with Gasteiger partial charge in [-0.25, -0.2) is 9.37 Å². The SMILES string of the molecule is COc1ccc(F)c2[nH]c(C(=O)N[C@@H]3CN(C(=O)c4cccn5cncc45)CC[C@H]3c3ccccc3)cc12. The zero-order valence-electron chi connectivity index (χ0n) is 20.7. The van der Waals surface area contributed by atoms with E-state index in [1.165, 1.54) is 19.2 Å². The summed E-state index contributed by atoms with van der Waals surface area (Å²) in [5, 5.41) is 3.62. The Morgan fingerprint density at radius 1 is 1.13 bits per heavy atom. The lowest BCUT2D eigenvalue weighted by Gasteiger charge is -2.39. The van der Waals surface area contributed by atoms with Crippen LogP contribution in [-0.2, 0) is 0 Å². The number of amides is 2. The maximum atomic E-state index is 14.4. The highest BCUT2D eigenvalue weighted by atomic mass is 19.1. The summed E-state index contributed by atoms with van der Waals surface area (Å²) in [6, 6.07) is 17.7. The predicted octanol–water partition coefficient (Wildman–Crippen LogP) is 4.39. The Labute approximate surface area is 218 Å². The molecule has 2 aromatic carbocycles. The minimum Gasteiger partial charge on any atom is -0.496 e. The van der Waals surface area contributed by atoms with Crippen LogP contribution in [0.15, 0.2) is 79.4 Å². The molecule has 38 heavy (non-hydrogen) atoms. The van der Waals surface area contributed by atoms with E-state index in [0.717, 1.165) is 11.1 Å². The zero-order valence-corrected chi connectivity index (χ0v) is 20.7. The Morgan fingerprint density at radius 2 is 1.97 bits per heavy atom. The van der Waals surface area contributed by atoms with E-state index < -0.39 is 5.82 Å². The van der Waals surface area contributed by atoms with Crippen LogP contribution >= 0.6 is 0 Å². The van der Waals surface area contributed by atoms with Crippen LogP contribution in [0, 0.1) is 5.82 Å². The van der Waals surface area contributed by atoms with Crippen molar-refractivity contribution in [1.29, 1.82) is 0 Å². The van der Waals surface area contributed by atoms with Crippen molar-refractivity contribution < 1.29 is 18.7 Å². The number of aromatic nitrogens is 3. The molecular formula is C29H26FN5O3. The minimum atomic E-state index is -0.467. The Morgan fingerprint density at radius 3 is 2.79 bits per heavy atom. The highest BCUT2D eigenvalue weighted by Gasteiger charge is 2.34. The number of aromatic amines is 1. The first kappa shape index (κ1) is 23.7. The number of benzene rings is 2. The number of hydrogen-bond acceptors (Lipinski definition) is 4. The second kappa shape index (κ2) is 9.66. The summed E-state index contributed by atoms with van der Waals surface area (Å²) in [4.78, 5) is 35.9. The maximum absolute atomic E-state index is 14.4. The van der Waals surface area contributed by atoms with Crippen LogP contribution < -0.4 is 10.1 Å². The van der Waals surface area contributed by atoms with Crippen molar-refractivity contribution in [3.8, 4) is 5.75 Å². The molecule has 1 fully saturated rings. The molecule has 2 amide bonds. The van der Waals surface area contributed by atoms with Gasteiger partial charge >= 0.3 is 0 Å². The summed E-state index contributed by atoms with van der Waals surface area (Å²) in [5.41, 5.74) is 2.82. The Balaban J connectivity index is 1.30. The van der Waals surface area contributed by atoms with Gasteiger partial charge in [0, 0.05) is 30.6 Å². The number of fused-ring (bicyclic) bond motifs is 2. The van der Waals surface area contributed by atoms with Crippen molar-refractivity contribution in [2.75, 3.05) is 20.2 Å². The number of halogens is 1. The van der Waals surface area contributed by atoms with Crippen molar-refractivity contribution in [2.45, 2.75) is 18.4 Å². The quantitative estimate of drug-likeness (QED) is 0.366. The van der Waals surface area contributed by atoms with Gasteiger partial charge in [-0.15, -0.1) is 0 Å². The lowest BCUT2D eigenvalue weighted by Crippen LogP contribution is -2.53. The molecule has 0 unspecified atom stereocenters. The molecule has 8 nitrogen and oxygen atoms in total. The summed E-state index contributed by atoms with van der Waals surface area (Å²) in [6.07, 6.45) is 5.86. The van der Waals surface area contributed by atoms with Crippen LogP contribution in [0.1, 0.15) is 38.7 Å². The van der Waals surface area contributed by atoms with Gasteiger partial charge in [0.05, 0.1) is 42.3 Å². The van der Waals surface area contributed by atoms with Crippen molar-refractivity contribution in [3.05, 3.63) is 102 Å². The van der Waals surface area contributed by atoms with Crippen molar-refractivity contribution in [3.63, 3.8) is 0 Å². The normalized spacial score (nSPS) is 17.6. The molecule has 0 radical (unpaired) electrons. The number of nitrogens with one attached hydrogen (secondary N) is 2. The standard InChI is InChI=1S/C29H26FN5O3/c1-38-26-10-9-22(30)27-21(26)14-23(32-27)28(36)33-24-16-34(13-11-19(24)18-6-3-2-4-7-18)29(37)20-8-5-12-35-17-31-15-25(20)35/h2-10,12,14-15,17,19,24,32H,11,13,16H2,1H3,(H,33,36)/t19-,24+/m0/s1. The molecule has 3 aromatic heterocycles. The zero-order chi connectivity index (χ0) is 26.2. The van der Waals surface area contributed by atoms with Gasteiger partial charge in [-0.2, -0.15) is 0 Å². The summed E-state index contributed by atoms with van der Waals surface area (Å²) >= 11 is 0. The fourth-order valence-corrected chi connectivity index (χ4v) is 5.39. The van der Waals surface area contributed by atoms with E-state index in [9.17, 15) is 14.0 Å². The second-order valence-corrected chi connectivity index (χ2v) is 9.47. The van der Waals surface area contributed by atoms with Crippen LogP contribution in [0.3, 0.4) is 0 Å². The lowest BCUT2D eigenvalue weighted by atomic mass is 9.85. The van der Waals surface area contributed by atoms with Gasteiger partial charge in [0.15, 0.2) is 0 Å². The molecule has 1 aliphatic heterocycles. The molecule has 1 saturated heterocycles. The summed E-state index contributed by atoms with van der Waals surface area (Å²) in [5.74, 6) is -0.474. The average molecular weight is 512 g/mol. The number of carbonyl (C=O) groups excluding carboxylic acids is 2. The summed E-state index contributed by atoms with van der Waals surface area (Å²) < 4.78 is 21.6.